The Bertz CT molecular complexity index is 646. The van der Waals surface area contributed by atoms with Gasteiger partial charge in [-0.05, 0) is 20.8 Å². The lowest BCUT2D eigenvalue weighted by atomic mass is 10.3. The number of thiazole rings is 1. The molecule has 7 heteroatoms. The minimum absolute atomic E-state index is 0.0188. The Morgan fingerprint density at radius 3 is 2.71 bits per heavy atom. The van der Waals surface area contributed by atoms with Gasteiger partial charge in [0.15, 0.2) is 5.13 Å². The van der Waals surface area contributed by atoms with Gasteiger partial charge in [-0.2, -0.15) is 5.10 Å². The molecule has 1 N–H and O–H groups in total. The first-order valence-corrected chi connectivity index (χ1v) is 7.78. The first kappa shape index (κ1) is 15.5. The van der Waals surface area contributed by atoms with Gasteiger partial charge >= 0.3 is 0 Å². The van der Waals surface area contributed by atoms with Crippen molar-refractivity contribution in [2.75, 3.05) is 16.8 Å². The van der Waals surface area contributed by atoms with Crippen molar-refractivity contribution < 1.29 is 4.79 Å². The molecule has 0 radical (unpaired) electrons. The minimum atomic E-state index is 0.0188. The number of nitrogens with zero attached hydrogens (tertiary/aromatic N) is 4. The highest BCUT2D eigenvalue weighted by atomic mass is 32.1. The molecule has 0 bridgehead atoms. The fourth-order valence-electron chi connectivity index (χ4n) is 2.20. The third-order valence-corrected chi connectivity index (χ3v) is 4.33. The summed E-state index contributed by atoms with van der Waals surface area (Å²) in [6, 6.07) is 0. The van der Waals surface area contributed by atoms with Crippen molar-refractivity contribution in [1.29, 1.82) is 0 Å². The summed E-state index contributed by atoms with van der Waals surface area (Å²) in [7, 11) is 1.93. The predicted octanol–water partition coefficient (Wildman–Crippen LogP) is 2.48. The molecule has 0 atom stereocenters. The minimum Gasteiger partial charge on any atom is -0.376 e. The second-order valence-electron chi connectivity index (χ2n) is 4.91. The van der Waals surface area contributed by atoms with Gasteiger partial charge in [0.2, 0.25) is 5.91 Å². The van der Waals surface area contributed by atoms with Gasteiger partial charge in [-0.15, -0.1) is 11.3 Å². The molecule has 0 aliphatic carbocycles. The zero-order valence-electron chi connectivity index (χ0n) is 13.1. The van der Waals surface area contributed by atoms with E-state index in [1.807, 2.05) is 37.9 Å². The molecule has 114 valence electrons. The molecule has 21 heavy (non-hydrogen) atoms. The highest BCUT2D eigenvalue weighted by Gasteiger charge is 2.14. The Morgan fingerprint density at radius 1 is 1.48 bits per heavy atom. The van der Waals surface area contributed by atoms with E-state index in [9.17, 15) is 4.79 Å². The Labute approximate surface area is 128 Å². The fraction of sp³-hybridized carbons (Fsp3) is 0.500. The van der Waals surface area contributed by atoms with E-state index in [4.69, 9.17) is 0 Å². The van der Waals surface area contributed by atoms with E-state index < -0.39 is 0 Å². The van der Waals surface area contributed by atoms with Crippen molar-refractivity contribution in [2.45, 2.75) is 34.2 Å². The van der Waals surface area contributed by atoms with E-state index in [0.717, 1.165) is 27.9 Å². The standard InChI is InChI=1S/C14H21N5OS/c1-6-19(11(4)20)14-16-12(8-21-14)7-15-13-9(2)17-18(5)10(13)3/h8,15H,6-7H2,1-5H3. The molecule has 6 nitrogen and oxygen atoms in total. The van der Waals surface area contributed by atoms with Crippen molar-refractivity contribution in [3.05, 3.63) is 22.5 Å². The van der Waals surface area contributed by atoms with Crippen LogP contribution in [-0.2, 0) is 18.4 Å². The zero-order chi connectivity index (χ0) is 15.6. The molecule has 0 unspecified atom stereocenters. The van der Waals surface area contributed by atoms with Crippen molar-refractivity contribution in [2.24, 2.45) is 7.05 Å². The molecule has 0 aliphatic rings. The smallest absolute Gasteiger partial charge is 0.225 e. The summed E-state index contributed by atoms with van der Waals surface area (Å²) in [5, 5.41) is 10.5. The van der Waals surface area contributed by atoms with Gasteiger partial charge in [-0.1, -0.05) is 0 Å². The molecular formula is C14H21N5OS. The van der Waals surface area contributed by atoms with E-state index in [1.54, 1.807) is 11.8 Å². The average molecular weight is 307 g/mol. The van der Waals surface area contributed by atoms with Crippen LogP contribution in [0.1, 0.15) is 30.9 Å². The van der Waals surface area contributed by atoms with Crippen LogP contribution >= 0.6 is 11.3 Å². The monoisotopic (exact) mass is 307 g/mol. The van der Waals surface area contributed by atoms with Gasteiger partial charge in [-0.3, -0.25) is 14.4 Å². The molecule has 0 saturated carbocycles. The largest absolute Gasteiger partial charge is 0.376 e. The van der Waals surface area contributed by atoms with E-state index in [0.29, 0.717) is 13.1 Å². The molecule has 2 heterocycles. The van der Waals surface area contributed by atoms with Crippen LogP contribution in [-0.4, -0.2) is 27.2 Å². The first-order valence-electron chi connectivity index (χ1n) is 6.90. The maximum Gasteiger partial charge on any atom is 0.225 e. The number of rotatable bonds is 5. The third-order valence-electron chi connectivity index (χ3n) is 3.42. The van der Waals surface area contributed by atoms with Crippen LogP contribution in [0.2, 0.25) is 0 Å². The van der Waals surface area contributed by atoms with E-state index >= 15 is 0 Å². The molecule has 0 spiro atoms. The lowest BCUT2D eigenvalue weighted by Crippen LogP contribution is -2.27. The molecule has 0 aliphatic heterocycles. The molecule has 0 saturated heterocycles. The Hall–Kier alpha value is -1.89. The zero-order valence-corrected chi connectivity index (χ0v) is 13.9. The molecule has 1 amide bonds. The number of hydrogen-bond donors (Lipinski definition) is 1. The Morgan fingerprint density at radius 2 is 2.19 bits per heavy atom. The SMILES string of the molecule is CCN(C(C)=O)c1nc(CNc2c(C)nn(C)c2C)cs1. The average Bonchev–Trinajstić information content (AvgIpc) is 2.95. The number of anilines is 2. The molecule has 0 fully saturated rings. The van der Waals surface area contributed by atoms with Gasteiger partial charge in [0.25, 0.3) is 0 Å². The van der Waals surface area contributed by atoms with E-state index in [2.05, 4.69) is 15.4 Å². The van der Waals surface area contributed by atoms with Crippen LogP contribution in [0.25, 0.3) is 0 Å². The molecular weight excluding hydrogens is 286 g/mol. The topological polar surface area (TPSA) is 63.1 Å². The lowest BCUT2D eigenvalue weighted by molar-refractivity contribution is -0.116. The molecule has 2 aromatic heterocycles. The number of aromatic nitrogens is 3. The molecule has 0 aromatic carbocycles. The number of carbonyl (C=O) groups excluding carboxylic acids is 1. The van der Waals surface area contributed by atoms with Gasteiger partial charge in [0.05, 0.1) is 29.3 Å². The summed E-state index contributed by atoms with van der Waals surface area (Å²) < 4.78 is 1.86. The molecule has 2 rings (SSSR count). The second-order valence-corrected chi connectivity index (χ2v) is 5.74. The van der Waals surface area contributed by atoms with Crippen molar-refractivity contribution in [3.63, 3.8) is 0 Å². The number of amides is 1. The summed E-state index contributed by atoms with van der Waals surface area (Å²) in [5.74, 6) is 0.0188. The summed E-state index contributed by atoms with van der Waals surface area (Å²) >= 11 is 1.49. The van der Waals surface area contributed by atoms with Crippen molar-refractivity contribution >= 4 is 28.1 Å². The highest BCUT2D eigenvalue weighted by Crippen LogP contribution is 2.23. The van der Waals surface area contributed by atoms with Crippen LogP contribution in [0.5, 0.6) is 0 Å². The fourth-order valence-corrected chi connectivity index (χ4v) is 3.13. The Kier molecular flexibility index (Phi) is 4.62. The van der Waals surface area contributed by atoms with Crippen molar-refractivity contribution in [1.82, 2.24) is 14.8 Å². The second kappa shape index (κ2) is 6.26. The van der Waals surface area contributed by atoms with Crippen LogP contribution in [0.15, 0.2) is 5.38 Å². The summed E-state index contributed by atoms with van der Waals surface area (Å²) in [6.07, 6.45) is 0. The lowest BCUT2D eigenvalue weighted by Gasteiger charge is -2.14. The van der Waals surface area contributed by atoms with Gasteiger partial charge in [0, 0.05) is 25.9 Å². The summed E-state index contributed by atoms with van der Waals surface area (Å²) in [6.45, 7) is 8.78. The highest BCUT2D eigenvalue weighted by molar-refractivity contribution is 7.14. The normalized spacial score (nSPS) is 10.7. The van der Waals surface area contributed by atoms with Crippen molar-refractivity contribution in [3.8, 4) is 0 Å². The third kappa shape index (κ3) is 3.24. The van der Waals surface area contributed by atoms with E-state index in [-0.39, 0.29) is 5.91 Å². The number of hydrogen-bond acceptors (Lipinski definition) is 5. The maximum atomic E-state index is 11.5. The number of nitrogens with one attached hydrogen (secondary N) is 1. The van der Waals surface area contributed by atoms with E-state index in [1.165, 1.54) is 11.3 Å². The van der Waals surface area contributed by atoms with Gasteiger partial charge in [-0.25, -0.2) is 4.98 Å². The van der Waals surface area contributed by atoms with Crippen LogP contribution in [0, 0.1) is 13.8 Å². The van der Waals surface area contributed by atoms with Gasteiger partial charge < -0.3 is 5.32 Å². The van der Waals surface area contributed by atoms with Crippen LogP contribution in [0.3, 0.4) is 0 Å². The van der Waals surface area contributed by atoms with Crippen LogP contribution < -0.4 is 10.2 Å². The quantitative estimate of drug-likeness (QED) is 0.922. The van der Waals surface area contributed by atoms with Crippen LogP contribution in [0.4, 0.5) is 10.8 Å². The summed E-state index contributed by atoms with van der Waals surface area (Å²) in [5.41, 5.74) is 4.05. The predicted molar refractivity (Wildman–Crippen MR) is 85.8 cm³/mol. The number of aryl methyl sites for hydroxylation is 2. The first-order chi connectivity index (χ1) is 9.93. The Balaban J connectivity index is 2.08. The maximum absolute atomic E-state index is 11.5. The molecule has 2 aromatic rings. The summed E-state index contributed by atoms with van der Waals surface area (Å²) in [4.78, 5) is 17.7. The number of carbonyl (C=O) groups is 1. The van der Waals surface area contributed by atoms with Gasteiger partial charge in [0.1, 0.15) is 0 Å².